The minimum atomic E-state index is -0.147. The van der Waals surface area contributed by atoms with E-state index < -0.39 is 0 Å². The maximum Gasteiger partial charge on any atom is 0.220 e. The zero-order valence-corrected chi connectivity index (χ0v) is 10.2. The van der Waals surface area contributed by atoms with Gasteiger partial charge in [0.05, 0.1) is 12.5 Å². The van der Waals surface area contributed by atoms with Gasteiger partial charge in [-0.3, -0.25) is 4.79 Å². The second kappa shape index (κ2) is 5.36. The maximum absolute atomic E-state index is 11.1. The molecule has 1 saturated carbocycles. The molecule has 1 aliphatic rings. The highest BCUT2D eigenvalue weighted by Gasteiger charge is 2.25. The van der Waals surface area contributed by atoms with E-state index in [0.29, 0.717) is 12.1 Å². The Labute approximate surface area is 102 Å². The van der Waals surface area contributed by atoms with Crippen molar-refractivity contribution in [1.82, 2.24) is 5.32 Å². The molecule has 1 aromatic heterocycles. The van der Waals surface area contributed by atoms with Crippen molar-refractivity contribution in [2.45, 2.75) is 44.7 Å². The molecule has 0 bridgehead atoms. The lowest BCUT2D eigenvalue weighted by Crippen LogP contribution is -2.37. The second-order valence-electron chi connectivity index (χ2n) is 4.90. The van der Waals surface area contributed by atoms with Gasteiger partial charge < -0.3 is 15.5 Å². The fourth-order valence-electron chi connectivity index (χ4n) is 2.52. The van der Waals surface area contributed by atoms with E-state index in [0.717, 1.165) is 25.7 Å². The highest BCUT2D eigenvalue weighted by Crippen LogP contribution is 2.26. The molecule has 0 saturated heterocycles. The van der Waals surface area contributed by atoms with Gasteiger partial charge in [0.2, 0.25) is 5.91 Å². The van der Waals surface area contributed by atoms with Crippen LogP contribution in [-0.4, -0.2) is 11.9 Å². The first-order valence-corrected chi connectivity index (χ1v) is 6.24. The minimum absolute atomic E-state index is 0.0808. The van der Waals surface area contributed by atoms with Crippen molar-refractivity contribution in [3.8, 4) is 0 Å². The van der Waals surface area contributed by atoms with Crippen molar-refractivity contribution in [2.24, 2.45) is 11.7 Å². The van der Waals surface area contributed by atoms with Crippen LogP contribution in [0.15, 0.2) is 23.0 Å². The fraction of sp³-hybridized carbons (Fsp3) is 0.615. The van der Waals surface area contributed by atoms with Gasteiger partial charge in [0, 0.05) is 23.6 Å². The Morgan fingerprint density at radius 3 is 2.71 bits per heavy atom. The third-order valence-electron chi connectivity index (χ3n) is 3.66. The average Bonchev–Trinajstić information content (AvgIpc) is 2.83. The van der Waals surface area contributed by atoms with Gasteiger partial charge in [-0.05, 0) is 38.7 Å². The lowest BCUT2D eigenvalue weighted by atomic mass is 9.85. The molecule has 1 aromatic rings. The molecule has 17 heavy (non-hydrogen) atoms. The van der Waals surface area contributed by atoms with Crippen LogP contribution in [0.1, 0.15) is 44.2 Å². The quantitative estimate of drug-likeness (QED) is 0.839. The number of carbonyl (C=O) groups excluding carboxylic acids is 1. The van der Waals surface area contributed by atoms with Crippen LogP contribution < -0.4 is 11.1 Å². The van der Waals surface area contributed by atoms with Crippen LogP contribution in [0.2, 0.25) is 0 Å². The zero-order valence-electron chi connectivity index (χ0n) is 10.2. The van der Waals surface area contributed by atoms with Gasteiger partial charge in [-0.1, -0.05) is 0 Å². The van der Waals surface area contributed by atoms with Gasteiger partial charge >= 0.3 is 0 Å². The van der Waals surface area contributed by atoms with E-state index >= 15 is 0 Å². The molecule has 4 heteroatoms. The molecular formula is C13H20N2O2. The molecular weight excluding hydrogens is 216 g/mol. The van der Waals surface area contributed by atoms with Gasteiger partial charge in [-0.25, -0.2) is 0 Å². The van der Waals surface area contributed by atoms with Gasteiger partial charge in [0.25, 0.3) is 0 Å². The summed E-state index contributed by atoms with van der Waals surface area (Å²) in [5.74, 6) is -0.0661. The Morgan fingerprint density at radius 2 is 2.18 bits per heavy atom. The summed E-state index contributed by atoms with van der Waals surface area (Å²) in [4.78, 5) is 11.1. The van der Waals surface area contributed by atoms with Gasteiger partial charge in [0.1, 0.15) is 0 Å². The largest absolute Gasteiger partial charge is 0.472 e. The number of furan rings is 1. The summed E-state index contributed by atoms with van der Waals surface area (Å²) in [7, 11) is 0. The summed E-state index contributed by atoms with van der Waals surface area (Å²) in [6.07, 6.45) is 7.33. The number of nitrogens with two attached hydrogens (primary N) is 1. The van der Waals surface area contributed by atoms with E-state index in [1.807, 2.05) is 6.07 Å². The highest BCUT2D eigenvalue weighted by molar-refractivity contribution is 5.76. The first-order chi connectivity index (χ1) is 8.16. The predicted molar refractivity (Wildman–Crippen MR) is 65.2 cm³/mol. The van der Waals surface area contributed by atoms with Crippen molar-refractivity contribution in [3.63, 3.8) is 0 Å². The summed E-state index contributed by atoms with van der Waals surface area (Å²) < 4.78 is 5.07. The van der Waals surface area contributed by atoms with Crippen LogP contribution in [0.25, 0.3) is 0 Å². The van der Waals surface area contributed by atoms with E-state index in [-0.39, 0.29) is 11.8 Å². The number of hydrogen-bond donors (Lipinski definition) is 2. The first kappa shape index (κ1) is 12.2. The van der Waals surface area contributed by atoms with Crippen LogP contribution in [0.3, 0.4) is 0 Å². The molecule has 1 amide bonds. The van der Waals surface area contributed by atoms with Crippen LogP contribution in [0, 0.1) is 5.92 Å². The predicted octanol–water partition coefficient (Wildman–Crippen LogP) is 1.97. The molecule has 1 atom stereocenters. The van der Waals surface area contributed by atoms with E-state index in [1.165, 1.54) is 5.56 Å². The average molecular weight is 236 g/mol. The third-order valence-corrected chi connectivity index (χ3v) is 3.66. The monoisotopic (exact) mass is 236 g/mol. The Balaban J connectivity index is 1.80. The molecule has 1 aliphatic carbocycles. The van der Waals surface area contributed by atoms with E-state index in [1.54, 1.807) is 12.5 Å². The lowest BCUT2D eigenvalue weighted by molar-refractivity contribution is -0.122. The first-order valence-electron chi connectivity index (χ1n) is 6.24. The van der Waals surface area contributed by atoms with Crippen molar-refractivity contribution in [1.29, 1.82) is 0 Å². The smallest absolute Gasteiger partial charge is 0.220 e. The number of hydrogen-bond acceptors (Lipinski definition) is 3. The molecule has 0 radical (unpaired) electrons. The number of nitrogens with one attached hydrogen (secondary N) is 1. The Kier molecular flexibility index (Phi) is 3.84. The number of rotatable bonds is 4. The summed E-state index contributed by atoms with van der Waals surface area (Å²) in [6, 6.07) is 2.76. The van der Waals surface area contributed by atoms with Crippen molar-refractivity contribution in [2.75, 3.05) is 0 Å². The van der Waals surface area contributed by atoms with Crippen molar-refractivity contribution >= 4 is 5.91 Å². The van der Waals surface area contributed by atoms with E-state index in [9.17, 15) is 4.79 Å². The van der Waals surface area contributed by atoms with Gasteiger partial charge in [-0.15, -0.1) is 0 Å². The van der Waals surface area contributed by atoms with Crippen LogP contribution in [-0.2, 0) is 4.79 Å². The van der Waals surface area contributed by atoms with Crippen molar-refractivity contribution < 1.29 is 9.21 Å². The molecule has 0 aromatic carbocycles. The van der Waals surface area contributed by atoms with Crippen molar-refractivity contribution in [3.05, 3.63) is 24.2 Å². The number of primary amides is 1. The molecule has 94 valence electrons. The standard InChI is InChI=1S/C13H20N2O2/c1-9(11-6-7-17-8-11)15-12-4-2-10(3-5-12)13(14)16/h6-10,12,15H,2-5H2,1H3,(H2,14,16). The van der Waals surface area contributed by atoms with Gasteiger partial charge in [0.15, 0.2) is 0 Å². The Morgan fingerprint density at radius 1 is 1.47 bits per heavy atom. The molecule has 3 N–H and O–H groups in total. The molecule has 1 unspecified atom stereocenters. The van der Waals surface area contributed by atoms with Crippen LogP contribution >= 0.6 is 0 Å². The highest BCUT2D eigenvalue weighted by atomic mass is 16.3. The normalized spacial score (nSPS) is 26.6. The lowest BCUT2D eigenvalue weighted by Gasteiger charge is -2.29. The van der Waals surface area contributed by atoms with Crippen LogP contribution in [0.4, 0.5) is 0 Å². The Bertz CT molecular complexity index is 354. The summed E-state index contributed by atoms with van der Waals surface area (Å²) in [5.41, 5.74) is 6.49. The molecule has 0 aliphatic heterocycles. The number of carbonyl (C=O) groups is 1. The summed E-state index contributed by atoms with van der Waals surface area (Å²) in [6.45, 7) is 2.13. The maximum atomic E-state index is 11.1. The molecule has 0 spiro atoms. The number of amides is 1. The van der Waals surface area contributed by atoms with E-state index in [4.69, 9.17) is 10.2 Å². The molecule has 1 heterocycles. The fourth-order valence-corrected chi connectivity index (χ4v) is 2.52. The second-order valence-corrected chi connectivity index (χ2v) is 4.90. The summed E-state index contributed by atoms with van der Waals surface area (Å²) in [5, 5.41) is 3.57. The SMILES string of the molecule is CC(NC1CCC(C(N)=O)CC1)c1ccoc1. The molecule has 2 rings (SSSR count). The van der Waals surface area contributed by atoms with Crippen LogP contribution in [0.5, 0.6) is 0 Å². The zero-order chi connectivity index (χ0) is 12.3. The molecule has 4 nitrogen and oxygen atoms in total. The third kappa shape index (κ3) is 3.09. The Hall–Kier alpha value is -1.29. The van der Waals surface area contributed by atoms with E-state index in [2.05, 4.69) is 12.2 Å². The van der Waals surface area contributed by atoms with Gasteiger partial charge in [-0.2, -0.15) is 0 Å². The topological polar surface area (TPSA) is 68.3 Å². The minimum Gasteiger partial charge on any atom is -0.472 e. The summed E-state index contributed by atoms with van der Waals surface area (Å²) >= 11 is 0. The molecule has 1 fully saturated rings.